The fraction of sp³-hybridized carbons (Fsp3) is 0.600. The summed E-state index contributed by atoms with van der Waals surface area (Å²) in [5, 5.41) is 8.24. The number of nitrogens with zero attached hydrogens (tertiary/aromatic N) is 5. The maximum Gasteiger partial charge on any atom is 0.224 e. The molecule has 1 N–H and O–H groups in total. The third-order valence-corrected chi connectivity index (χ3v) is 3.93. The summed E-state index contributed by atoms with van der Waals surface area (Å²) in [5.41, 5.74) is 0.768. The molecule has 3 heterocycles. The molecule has 2 aromatic heterocycles. The normalized spacial score (nSPS) is 21.6. The second-order valence-electron chi connectivity index (χ2n) is 5.96. The van der Waals surface area contributed by atoms with Crippen LogP contribution in [-0.2, 0) is 16.6 Å². The first-order chi connectivity index (χ1) is 11.0. The van der Waals surface area contributed by atoms with E-state index >= 15 is 0 Å². The number of nitrogens with one attached hydrogen (secondary N) is 1. The average molecular weight is 318 g/mol. The van der Waals surface area contributed by atoms with Gasteiger partial charge in [-0.3, -0.25) is 9.48 Å². The van der Waals surface area contributed by atoms with Crippen molar-refractivity contribution in [3.05, 3.63) is 12.5 Å². The van der Waals surface area contributed by atoms with Crippen LogP contribution in [0.1, 0.15) is 20.3 Å². The van der Waals surface area contributed by atoms with E-state index < -0.39 is 0 Å². The Morgan fingerprint density at radius 3 is 2.83 bits per heavy atom. The van der Waals surface area contributed by atoms with Crippen molar-refractivity contribution >= 4 is 22.8 Å². The lowest BCUT2D eigenvalue weighted by molar-refractivity contribution is -0.142. The van der Waals surface area contributed by atoms with E-state index in [-0.39, 0.29) is 18.1 Å². The summed E-state index contributed by atoms with van der Waals surface area (Å²) in [5.74, 6) is 0.843. The monoisotopic (exact) mass is 318 g/mol. The third kappa shape index (κ3) is 3.42. The molecule has 2 atom stereocenters. The third-order valence-electron chi connectivity index (χ3n) is 3.93. The second-order valence-corrected chi connectivity index (χ2v) is 5.96. The van der Waals surface area contributed by atoms with Gasteiger partial charge < -0.3 is 15.0 Å². The van der Waals surface area contributed by atoms with Crippen LogP contribution < -0.4 is 5.32 Å². The summed E-state index contributed by atoms with van der Waals surface area (Å²) in [6, 6.07) is 0. The first kappa shape index (κ1) is 15.7. The number of aryl methyl sites for hydroxylation is 1. The Labute approximate surface area is 134 Å². The minimum Gasteiger partial charge on any atom is -0.372 e. The number of ether oxygens (including phenoxy) is 1. The zero-order valence-corrected chi connectivity index (χ0v) is 13.7. The molecular formula is C15H22N6O2. The molecule has 1 fully saturated rings. The maximum atomic E-state index is 12.3. The molecule has 0 spiro atoms. The molecule has 0 aromatic carbocycles. The summed E-state index contributed by atoms with van der Waals surface area (Å²) in [6.45, 7) is 5.83. The van der Waals surface area contributed by atoms with Crippen LogP contribution in [0.2, 0.25) is 0 Å². The number of aromatic nitrogens is 4. The molecule has 1 saturated heterocycles. The predicted octanol–water partition coefficient (Wildman–Crippen LogP) is 0.801. The first-order valence-corrected chi connectivity index (χ1v) is 7.84. The SMILES string of the molecule is C[C@@H]1CN(C(=O)CCNc2ncnc3c2cnn3C)C[C@H](C)O1. The van der Waals surface area contributed by atoms with Gasteiger partial charge in [0.25, 0.3) is 0 Å². The van der Waals surface area contributed by atoms with E-state index in [1.807, 2.05) is 25.8 Å². The lowest BCUT2D eigenvalue weighted by atomic mass is 10.2. The van der Waals surface area contributed by atoms with Crippen LogP contribution in [0.5, 0.6) is 0 Å². The Bertz CT molecular complexity index is 690. The van der Waals surface area contributed by atoms with Gasteiger partial charge in [0.1, 0.15) is 12.1 Å². The number of carbonyl (C=O) groups excluding carboxylic acids is 1. The van der Waals surface area contributed by atoms with Gasteiger partial charge in [0, 0.05) is 33.1 Å². The van der Waals surface area contributed by atoms with Crippen molar-refractivity contribution < 1.29 is 9.53 Å². The van der Waals surface area contributed by atoms with Gasteiger partial charge in [-0.25, -0.2) is 9.97 Å². The van der Waals surface area contributed by atoms with Crippen molar-refractivity contribution in [2.24, 2.45) is 7.05 Å². The van der Waals surface area contributed by atoms with Gasteiger partial charge in [0.2, 0.25) is 5.91 Å². The Morgan fingerprint density at radius 1 is 1.35 bits per heavy atom. The predicted molar refractivity (Wildman–Crippen MR) is 86.0 cm³/mol. The van der Waals surface area contributed by atoms with E-state index in [1.54, 1.807) is 10.9 Å². The van der Waals surface area contributed by atoms with E-state index in [9.17, 15) is 4.79 Å². The fourth-order valence-electron chi connectivity index (χ4n) is 2.93. The minimum absolute atomic E-state index is 0.0903. The smallest absolute Gasteiger partial charge is 0.224 e. The van der Waals surface area contributed by atoms with Crippen LogP contribution in [0.4, 0.5) is 5.82 Å². The number of amides is 1. The van der Waals surface area contributed by atoms with Crippen LogP contribution in [-0.4, -0.2) is 62.4 Å². The number of hydrogen-bond donors (Lipinski definition) is 1. The van der Waals surface area contributed by atoms with Crippen LogP contribution >= 0.6 is 0 Å². The number of anilines is 1. The average Bonchev–Trinajstić information content (AvgIpc) is 2.89. The van der Waals surface area contributed by atoms with Crippen molar-refractivity contribution in [2.45, 2.75) is 32.5 Å². The van der Waals surface area contributed by atoms with E-state index in [2.05, 4.69) is 20.4 Å². The lowest BCUT2D eigenvalue weighted by Gasteiger charge is -2.35. The highest BCUT2D eigenvalue weighted by Crippen LogP contribution is 2.18. The molecule has 8 nitrogen and oxygen atoms in total. The van der Waals surface area contributed by atoms with Crippen molar-refractivity contribution in [1.82, 2.24) is 24.6 Å². The highest BCUT2D eigenvalue weighted by Gasteiger charge is 2.25. The molecule has 8 heteroatoms. The number of rotatable bonds is 4. The van der Waals surface area contributed by atoms with Crippen molar-refractivity contribution in [3.8, 4) is 0 Å². The Balaban J connectivity index is 1.57. The van der Waals surface area contributed by atoms with E-state index in [4.69, 9.17) is 4.74 Å². The zero-order chi connectivity index (χ0) is 16.4. The Morgan fingerprint density at radius 2 is 2.09 bits per heavy atom. The first-order valence-electron chi connectivity index (χ1n) is 7.84. The van der Waals surface area contributed by atoms with E-state index in [0.717, 1.165) is 11.0 Å². The lowest BCUT2D eigenvalue weighted by Crippen LogP contribution is -2.48. The molecule has 0 saturated carbocycles. The fourth-order valence-corrected chi connectivity index (χ4v) is 2.93. The van der Waals surface area contributed by atoms with Gasteiger partial charge in [0.05, 0.1) is 23.8 Å². The summed E-state index contributed by atoms with van der Waals surface area (Å²) in [6.07, 6.45) is 3.83. The van der Waals surface area contributed by atoms with Gasteiger partial charge in [-0.15, -0.1) is 0 Å². The van der Waals surface area contributed by atoms with Gasteiger partial charge in [-0.05, 0) is 13.8 Å². The molecule has 3 rings (SSSR count). The molecule has 0 aliphatic carbocycles. The van der Waals surface area contributed by atoms with Crippen LogP contribution in [0.15, 0.2) is 12.5 Å². The number of morpholine rings is 1. The number of carbonyl (C=O) groups is 1. The Kier molecular flexibility index (Phi) is 4.42. The highest BCUT2D eigenvalue weighted by atomic mass is 16.5. The zero-order valence-electron chi connectivity index (χ0n) is 13.7. The largest absolute Gasteiger partial charge is 0.372 e. The van der Waals surface area contributed by atoms with Gasteiger partial charge in [-0.1, -0.05) is 0 Å². The molecule has 2 aromatic rings. The molecule has 1 aliphatic heterocycles. The topological polar surface area (TPSA) is 85.2 Å². The molecule has 0 bridgehead atoms. The molecule has 124 valence electrons. The summed E-state index contributed by atoms with van der Waals surface area (Å²) >= 11 is 0. The van der Waals surface area contributed by atoms with Gasteiger partial charge in [0.15, 0.2) is 5.65 Å². The maximum absolute atomic E-state index is 12.3. The van der Waals surface area contributed by atoms with Crippen molar-refractivity contribution in [1.29, 1.82) is 0 Å². The van der Waals surface area contributed by atoms with E-state index in [0.29, 0.717) is 31.9 Å². The number of fused-ring (bicyclic) bond motifs is 1. The second kappa shape index (κ2) is 6.49. The van der Waals surface area contributed by atoms with Crippen molar-refractivity contribution in [2.75, 3.05) is 25.0 Å². The Hall–Kier alpha value is -2.22. The van der Waals surface area contributed by atoms with Crippen LogP contribution in [0, 0.1) is 0 Å². The molecule has 0 radical (unpaired) electrons. The molecule has 1 amide bonds. The number of hydrogen-bond acceptors (Lipinski definition) is 6. The summed E-state index contributed by atoms with van der Waals surface area (Å²) < 4.78 is 7.35. The van der Waals surface area contributed by atoms with Gasteiger partial charge in [-0.2, -0.15) is 5.10 Å². The molecule has 23 heavy (non-hydrogen) atoms. The molecule has 1 aliphatic rings. The highest BCUT2D eigenvalue weighted by molar-refractivity contribution is 5.86. The summed E-state index contributed by atoms with van der Waals surface area (Å²) in [7, 11) is 1.84. The van der Waals surface area contributed by atoms with Crippen LogP contribution in [0.25, 0.3) is 11.0 Å². The standard InChI is InChI=1S/C15H22N6O2/c1-10-7-21(8-11(2)23-10)13(22)4-5-16-14-12-6-19-20(3)15(12)18-9-17-14/h6,9-11H,4-5,7-8H2,1-3H3,(H,16,17,18)/t10-,11+. The summed E-state index contributed by atoms with van der Waals surface area (Å²) in [4.78, 5) is 22.6. The quantitative estimate of drug-likeness (QED) is 0.897. The van der Waals surface area contributed by atoms with E-state index in [1.165, 1.54) is 6.33 Å². The molecular weight excluding hydrogens is 296 g/mol. The van der Waals surface area contributed by atoms with Crippen LogP contribution in [0.3, 0.4) is 0 Å². The molecule has 0 unspecified atom stereocenters. The minimum atomic E-state index is 0.0903. The van der Waals surface area contributed by atoms with Gasteiger partial charge >= 0.3 is 0 Å². The van der Waals surface area contributed by atoms with Crippen molar-refractivity contribution in [3.63, 3.8) is 0 Å².